The minimum absolute atomic E-state index is 0. The second kappa shape index (κ2) is 8.27. The summed E-state index contributed by atoms with van der Waals surface area (Å²) in [6.45, 7) is 2.14. The zero-order valence-electron chi connectivity index (χ0n) is 13.3. The van der Waals surface area contributed by atoms with Crippen LogP contribution in [-0.2, 0) is 4.74 Å². The molecule has 0 saturated carbocycles. The number of hydrogen-bond acceptors (Lipinski definition) is 3. The van der Waals surface area contributed by atoms with Crippen molar-refractivity contribution in [1.82, 2.24) is 4.98 Å². The molecule has 0 atom stereocenters. The third kappa shape index (κ3) is 4.00. The summed E-state index contributed by atoms with van der Waals surface area (Å²) in [6.07, 6.45) is 5.47. The third-order valence-electron chi connectivity index (χ3n) is 3.54. The molecule has 1 aromatic heterocycles. The van der Waals surface area contributed by atoms with E-state index in [0.29, 0.717) is 17.9 Å². The molecule has 0 aliphatic carbocycles. The summed E-state index contributed by atoms with van der Waals surface area (Å²) in [6, 6.07) is 17.9. The van der Waals surface area contributed by atoms with Gasteiger partial charge >= 0.3 is 5.97 Å². The SMILES string of the molecule is CCOC(=O)c1cccnc1C=Cc1ccc2ccccc2c1.Cl. The molecule has 0 saturated heterocycles. The van der Waals surface area contributed by atoms with Crippen molar-refractivity contribution in [3.8, 4) is 0 Å². The van der Waals surface area contributed by atoms with Crippen molar-refractivity contribution in [2.75, 3.05) is 6.61 Å². The average molecular weight is 340 g/mol. The number of esters is 1. The van der Waals surface area contributed by atoms with Gasteiger partial charge in [0, 0.05) is 6.20 Å². The summed E-state index contributed by atoms with van der Waals surface area (Å²) in [5, 5.41) is 2.39. The van der Waals surface area contributed by atoms with Crippen molar-refractivity contribution >= 4 is 41.3 Å². The molecule has 0 spiro atoms. The van der Waals surface area contributed by atoms with Gasteiger partial charge in [-0.05, 0) is 47.5 Å². The van der Waals surface area contributed by atoms with E-state index in [2.05, 4.69) is 29.2 Å². The van der Waals surface area contributed by atoms with E-state index in [9.17, 15) is 4.79 Å². The van der Waals surface area contributed by atoms with Crippen LogP contribution in [0.5, 0.6) is 0 Å². The van der Waals surface area contributed by atoms with E-state index in [0.717, 1.165) is 5.56 Å². The van der Waals surface area contributed by atoms with E-state index in [1.807, 2.05) is 30.4 Å². The van der Waals surface area contributed by atoms with Crippen LogP contribution in [0.3, 0.4) is 0 Å². The monoisotopic (exact) mass is 339 g/mol. The molecule has 0 unspecified atom stereocenters. The first-order chi connectivity index (χ1) is 11.3. The molecule has 0 amide bonds. The number of halogens is 1. The summed E-state index contributed by atoms with van der Waals surface area (Å²) in [4.78, 5) is 16.2. The molecule has 122 valence electrons. The Labute approximate surface area is 147 Å². The van der Waals surface area contributed by atoms with Gasteiger partial charge < -0.3 is 4.74 Å². The fourth-order valence-corrected chi connectivity index (χ4v) is 2.42. The summed E-state index contributed by atoms with van der Waals surface area (Å²) in [5.41, 5.74) is 2.15. The quantitative estimate of drug-likeness (QED) is 0.628. The molecule has 0 fully saturated rings. The number of carbonyl (C=O) groups is 1. The van der Waals surface area contributed by atoms with Gasteiger partial charge in [0.25, 0.3) is 0 Å². The number of pyridine rings is 1. The Morgan fingerprint density at radius 3 is 2.62 bits per heavy atom. The van der Waals surface area contributed by atoms with Gasteiger partial charge in [-0.25, -0.2) is 4.79 Å². The van der Waals surface area contributed by atoms with Crippen LogP contribution in [0.4, 0.5) is 0 Å². The van der Waals surface area contributed by atoms with Gasteiger partial charge in [-0.3, -0.25) is 4.98 Å². The summed E-state index contributed by atoms with van der Waals surface area (Å²) < 4.78 is 5.07. The summed E-state index contributed by atoms with van der Waals surface area (Å²) >= 11 is 0. The summed E-state index contributed by atoms with van der Waals surface area (Å²) in [7, 11) is 0. The topological polar surface area (TPSA) is 39.2 Å². The van der Waals surface area contributed by atoms with Crippen LogP contribution in [0.15, 0.2) is 60.8 Å². The molecule has 3 nitrogen and oxygen atoms in total. The largest absolute Gasteiger partial charge is 0.462 e. The fourth-order valence-electron chi connectivity index (χ4n) is 2.42. The molecule has 0 aliphatic rings. The maximum absolute atomic E-state index is 12.0. The van der Waals surface area contributed by atoms with Gasteiger partial charge in [0.1, 0.15) is 0 Å². The molecule has 0 aliphatic heterocycles. The number of hydrogen-bond donors (Lipinski definition) is 0. The highest BCUT2D eigenvalue weighted by atomic mass is 35.5. The van der Waals surface area contributed by atoms with Crippen molar-refractivity contribution < 1.29 is 9.53 Å². The van der Waals surface area contributed by atoms with Crippen LogP contribution >= 0.6 is 12.4 Å². The van der Waals surface area contributed by atoms with Crippen molar-refractivity contribution in [3.05, 3.63) is 77.6 Å². The molecular weight excluding hydrogens is 322 g/mol. The van der Waals surface area contributed by atoms with E-state index in [-0.39, 0.29) is 18.4 Å². The van der Waals surface area contributed by atoms with Crippen LogP contribution < -0.4 is 0 Å². The first-order valence-corrected chi connectivity index (χ1v) is 7.57. The third-order valence-corrected chi connectivity index (χ3v) is 3.54. The van der Waals surface area contributed by atoms with Crippen LogP contribution in [0.25, 0.3) is 22.9 Å². The van der Waals surface area contributed by atoms with Crippen LogP contribution in [0.1, 0.15) is 28.5 Å². The highest BCUT2D eigenvalue weighted by molar-refractivity contribution is 5.94. The number of nitrogens with zero attached hydrogens (tertiary/aromatic N) is 1. The average Bonchev–Trinajstić information content (AvgIpc) is 2.60. The van der Waals surface area contributed by atoms with Crippen LogP contribution in [0, 0.1) is 0 Å². The Balaban J connectivity index is 0.00000208. The maximum Gasteiger partial charge on any atom is 0.340 e. The van der Waals surface area contributed by atoms with E-state index in [1.54, 1.807) is 25.3 Å². The number of aromatic nitrogens is 1. The van der Waals surface area contributed by atoms with Gasteiger partial charge in [0.15, 0.2) is 0 Å². The highest BCUT2D eigenvalue weighted by Crippen LogP contribution is 2.18. The minimum Gasteiger partial charge on any atom is -0.462 e. The zero-order valence-corrected chi connectivity index (χ0v) is 14.1. The molecule has 0 N–H and O–H groups in total. The predicted molar refractivity (Wildman–Crippen MR) is 100 cm³/mol. The second-order valence-electron chi connectivity index (χ2n) is 5.10. The molecule has 4 heteroatoms. The smallest absolute Gasteiger partial charge is 0.340 e. The van der Waals surface area contributed by atoms with E-state index in [1.165, 1.54) is 10.8 Å². The van der Waals surface area contributed by atoms with Gasteiger partial charge in [-0.15, -0.1) is 12.4 Å². The molecule has 0 bridgehead atoms. The Hall–Kier alpha value is -2.65. The van der Waals surface area contributed by atoms with Gasteiger partial charge in [-0.1, -0.05) is 42.5 Å². The number of fused-ring (bicyclic) bond motifs is 1. The Morgan fingerprint density at radius 1 is 1.04 bits per heavy atom. The van der Waals surface area contributed by atoms with Gasteiger partial charge in [-0.2, -0.15) is 0 Å². The first kappa shape index (κ1) is 17.7. The molecule has 24 heavy (non-hydrogen) atoms. The molecule has 2 aromatic carbocycles. The molecule has 3 aromatic rings. The number of benzene rings is 2. The highest BCUT2D eigenvalue weighted by Gasteiger charge is 2.10. The van der Waals surface area contributed by atoms with E-state index in [4.69, 9.17) is 4.74 Å². The van der Waals surface area contributed by atoms with Gasteiger partial charge in [0.05, 0.1) is 17.9 Å². The van der Waals surface area contributed by atoms with Crippen molar-refractivity contribution in [1.29, 1.82) is 0 Å². The molecule has 1 heterocycles. The molecular formula is C20H18ClNO2. The van der Waals surface area contributed by atoms with Crippen LogP contribution in [0.2, 0.25) is 0 Å². The number of ether oxygens (including phenoxy) is 1. The Morgan fingerprint density at radius 2 is 1.83 bits per heavy atom. The second-order valence-corrected chi connectivity index (χ2v) is 5.10. The predicted octanol–water partition coefficient (Wildman–Crippen LogP) is 5.00. The van der Waals surface area contributed by atoms with E-state index >= 15 is 0 Å². The molecule has 0 radical (unpaired) electrons. The molecule has 3 rings (SSSR count). The lowest BCUT2D eigenvalue weighted by Crippen LogP contribution is -2.07. The lowest BCUT2D eigenvalue weighted by Gasteiger charge is -2.04. The zero-order chi connectivity index (χ0) is 16.1. The van der Waals surface area contributed by atoms with E-state index < -0.39 is 0 Å². The number of rotatable bonds is 4. The van der Waals surface area contributed by atoms with Crippen molar-refractivity contribution in [2.45, 2.75) is 6.92 Å². The fraction of sp³-hybridized carbons (Fsp3) is 0.100. The van der Waals surface area contributed by atoms with Gasteiger partial charge in [0.2, 0.25) is 0 Å². The Kier molecular flexibility index (Phi) is 6.10. The number of carbonyl (C=O) groups excluding carboxylic acids is 1. The minimum atomic E-state index is -0.348. The standard InChI is InChI=1S/C20H17NO2.ClH/c1-2-23-20(22)18-8-5-13-21-19(18)12-10-15-9-11-16-6-3-4-7-17(16)14-15;/h3-14H,2H2,1H3;1H. The van der Waals surface area contributed by atoms with Crippen molar-refractivity contribution in [2.24, 2.45) is 0 Å². The lowest BCUT2D eigenvalue weighted by atomic mass is 10.1. The van der Waals surface area contributed by atoms with Crippen molar-refractivity contribution in [3.63, 3.8) is 0 Å². The normalized spacial score (nSPS) is 10.5. The summed E-state index contributed by atoms with van der Waals surface area (Å²) in [5.74, 6) is -0.348. The first-order valence-electron chi connectivity index (χ1n) is 7.57. The Bertz CT molecular complexity index is 874. The lowest BCUT2D eigenvalue weighted by molar-refractivity contribution is 0.0525. The maximum atomic E-state index is 12.0. The van der Waals surface area contributed by atoms with Crippen LogP contribution in [-0.4, -0.2) is 17.6 Å².